The summed E-state index contributed by atoms with van der Waals surface area (Å²) in [6.07, 6.45) is 1.54. The van der Waals surface area contributed by atoms with Gasteiger partial charge in [-0.3, -0.25) is 15.1 Å². The van der Waals surface area contributed by atoms with Gasteiger partial charge in [0.1, 0.15) is 0 Å². The van der Waals surface area contributed by atoms with Crippen molar-refractivity contribution in [2.75, 3.05) is 6.54 Å². The van der Waals surface area contributed by atoms with E-state index in [2.05, 4.69) is 11.6 Å². The SMILES string of the molecule is C=CCN=c1cc([N+](=O)[O-])cc(C)n1O. The molecule has 1 heterocycles. The van der Waals surface area contributed by atoms with Crippen LogP contribution in [0.1, 0.15) is 5.69 Å². The molecule has 1 aromatic rings. The molecule has 0 saturated carbocycles. The van der Waals surface area contributed by atoms with Crippen LogP contribution in [0.2, 0.25) is 0 Å². The van der Waals surface area contributed by atoms with Crippen molar-refractivity contribution in [3.63, 3.8) is 0 Å². The Labute approximate surface area is 85.9 Å². The molecule has 1 aromatic heterocycles. The van der Waals surface area contributed by atoms with E-state index in [-0.39, 0.29) is 11.2 Å². The Balaban J connectivity index is 3.37. The van der Waals surface area contributed by atoms with Crippen LogP contribution in [-0.2, 0) is 0 Å². The Morgan fingerprint density at radius 1 is 1.73 bits per heavy atom. The van der Waals surface area contributed by atoms with E-state index in [1.807, 2.05) is 0 Å². The van der Waals surface area contributed by atoms with Crippen molar-refractivity contribution in [1.29, 1.82) is 0 Å². The first-order chi connectivity index (χ1) is 7.06. The molecule has 1 N–H and O–H groups in total. The van der Waals surface area contributed by atoms with Gasteiger partial charge < -0.3 is 5.21 Å². The van der Waals surface area contributed by atoms with Gasteiger partial charge in [-0.2, -0.15) is 4.73 Å². The van der Waals surface area contributed by atoms with Gasteiger partial charge in [-0.1, -0.05) is 6.08 Å². The molecule has 15 heavy (non-hydrogen) atoms. The van der Waals surface area contributed by atoms with Crippen molar-refractivity contribution in [3.05, 3.63) is 46.1 Å². The molecule has 6 nitrogen and oxygen atoms in total. The molecule has 0 fully saturated rings. The number of rotatable bonds is 3. The highest BCUT2D eigenvalue weighted by Crippen LogP contribution is 2.08. The quantitative estimate of drug-likeness (QED) is 0.349. The summed E-state index contributed by atoms with van der Waals surface area (Å²) >= 11 is 0. The first-order valence-electron chi connectivity index (χ1n) is 4.25. The molecule has 0 radical (unpaired) electrons. The summed E-state index contributed by atoms with van der Waals surface area (Å²) < 4.78 is 0.802. The molecule has 0 aliphatic carbocycles. The average Bonchev–Trinajstić information content (AvgIpc) is 2.19. The molecule has 0 aromatic carbocycles. The van der Waals surface area contributed by atoms with Gasteiger partial charge in [-0.25, -0.2) is 0 Å². The predicted molar refractivity (Wildman–Crippen MR) is 53.6 cm³/mol. The van der Waals surface area contributed by atoms with E-state index in [9.17, 15) is 15.3 Å². The lowest BCUT2D eigenvalue weighted by molar-refractivity contribution is -0.385. The van der Waals surface area contributed by atoms with Gasteiger partial charge in [-0.15, -0.1) is 6.58 Å². The van der Waals surface area contributed by atoms with E-state index in [1.165, 1.54) is 18.2 Å². The van der Waals surface area contributed by atoms with Crippen LogP contribution < -0.4 is 5.49 Å². The molecule has 0 saturated heterocycles. The average molecular weight is 209 g/mol. The zero-order chi connectivity index (χ0) is 11.4. The Kier molecular flexibility index (Phi) is 3.22. The van der Waals surface area contributed by atoms with Crippen molar-refractivity contribution < 1.29 is 10.1 Å². The summed E-state index contributed by atoms with van der Waals surface area (Å²) in [5.74, 6) is 0. The van der Waals surface area contributed by atoms with Crippen LogP contribution in [0.3, 0.4) is 0 Å². The molecule has 0 bridgehead atoms. The maximum absolute atomic E-state index is 10.5. The largest absolute Gasteiger partial charge is 0.427 e. The van der Waals surface area contributed by atoms with Crippen LogP contribution in [0.5, 0.6) is 0 Å². The van der Waals surface area contributed by atoms with Crippen molar-refractivity contribution in [2.24, 2.45) is 4.99 Å². The van der Waals surface area contributed by atoms with Gasteiger partial charge in [0.05, 0.1) is 23.2 Å². The molecule has 6 heteroatoms. The number of nitro groups is 1. The highest BCUT2D eigenvalue weighted by atomic mass is 16.6. The smallest absolute Gasteiger partial charge is 0.275 e. The molecule has 1 rings (SSSR count). The van der Waals surface area contributed by atoms with Crippen molar-refractivity contribution >= 4 is 5.69 Å². The number of hydrogen-bond acceptors (Lipinski definition) is 4. The molecule has 0 aliphatic rings. The summed E-state index contributed by atoms with van der Waals surface area (Å²) in [6, 6.07) is 2.48. The van der Waals surface area contributed by atoms with Gasteiger partial charge in [0, 0.05) is 6.07 Å². The summed E-state index contributed by atoms with van der Waals surface area (Å²) in [5.41, 5.74) is 0.397. The molecule has 0 aliphatic heterocycles. The van der Waals surface area contributed by atoms with Crippen LogP contribution in [0.25, 0.3) is 0 Å². The van der Waals surface area contributed by atoms with Crippen LogP contribution >= 0.6 is 0 Å². The Hall–Kier alpha value is -2.11. The van der Waals surface area contributed by atoms with E-state index in [0.717, 1.165) is 4.73 Å². The third-order valence-corrected chi connectivity index (χ3v) is 1.78. The predicted octanol–water partition coefficient (Wildman–Crippen LogP) is 1.03. The summed E-state index contributed by atoms with van der Waals surface area (Å²) in [6.45, 7) is 5.32. The van der Waals surface area contributed by atoms with E-state index in [0.29, 0.717) is 12.2 Å². The maximum atomic E-state index is 10.5. The lowest BCUT2D eigenvalue weighted by atomic mass is 10.3. The van der Waals surface area contributed by atoms with Crippen molar-refractivity contribution in [1.82, 2.24) is 4.73 Å². The number of aromatic nitrogens is 1. The number of aryl methyl sites for hydroxylation is 1. The normalized spacial score (nSPS) is 11.4. The lowest BCUT2D eigenvalue weighted by Gasteiger charge is -2.02. The molecule has 80 valence electrons. The van der Waals surface area contributed by atoms with Gasteiger partial charge in [0.2, 0.25) is 0 Å². The monoisotopic (exact) mass is 209 g/mol. The molecular formula is C9H11N3O3. The van der Waals surface area contributed by atoms with Crippen LogP contribution in [-0.4, -0.2) is 21.4 Å². The summed E-state index contributed by atoms with van der Waals surface area (Å²) in [5, 5.41) is 20.0. The van der Waals surface area contributed by atoms with E-state index >= 15 is 0 Å². The number of nitrogens with zero attached hydrogens (tertiary/aromatic N) is 3. The first-order valence-corrected chi connectivity index (χ1v) is 4.25. The zero-order valence-corrected chi connectivity index (χ0v) is 8.25. The fraction of sp³-hybridized carbons (Fsp3) is 0.222. The van der Waals surface area contributed by atoms with Gasteiger partial charge in [0.25, 0.3) is 5.69 Å². The van der Waals surface area contributed by atoms with Crippen LogP contribution in [0, 0.1) is 17.0 Å². The van der Waals surface area contributed by atoms with Gasteiger partial charge in [0.15, 0.2) is 5.49 Å². The molecular weight excluding hydrogens is 198 g/mol. The standard InChI is InChI=1S/C9H11N3O3/c1-3-4-10-9-6-8(12(14)15)5-7(2)11(9)13/h3,5-6,13H,1,4H2,2H3. The molecule has 0 spiro atoms. The van der Waals surface area contributed by atoms with Gasteiger partial charge in [-0.05, 0) is 6.92 Å². The van der Waals surface area contributed by atoms with E-state index in [1.54, 1.807) is 6.92 Å². The van der Waals surface area contributed by atoms with Crippen LogP contribution in [0.15, 0.2) is 29.8 Å². The summed E-state index contributed by atoms with van der Waals surface area (Å²) in [4.78, 5) is 13.9. The third kappa shape index (κ3) is 2.43. The zero-order valence-electron chi connectivity index (χ0n) is 8.25. The van der Waals surface area contributed by atoms with E-state index in [4.69, 9.17) is 0 Å². The summed E-state index contributed by atoms with van der Waals surface area (Å²) in [7, 11) is 0. The fourth-order valence-corrected chi connectivity index (χ4v) is 1.07. The molecule has 0 amide bonds. The molecule has 0 unspecified atom stereocenters. The minimum absolute atomic E-state index is 0.0967. The highest BCUT2D eigenvalue weighted by molar-refractivity contribution is 5.29. The number of pyridine rings is 1. The second-order valence-corrected chi connectivity index (χ2v) is 2.91. The van der Waals surface area contributed by atoms with Crippen molar-refractivity contribution in [3.8, 4) is 0 Å². The minimum Gasteiger partial charge on any atom is -0.427 e. The minimum atomic E-state index is -0.528. The van der Waals surface area contributed by atoms with E-state index < -0.39 is 4.92 Å². The first kappa shape index (κ1) is 11.0. The topological polar surface area (TPSA) is 80.7 Å². The second kappa shape index (κ2) is 4.41. The lowest BCUT2D eigenvalue weighted by Crippen LogP contribution is -2.21. The molecule has 0 atom stereocenters. The fourth-order valence-electron chi connectivity index (χ4n) is 1.07. The van der Waals surface area contributed by atoms with Crippen LogP contribution in [0.4, 0.5) is 5.69 Å². The van der Waals surface area contributed by atoms with Crippen molar-refractivity contribution in [2.45, 2.75) is 6.92 Å². The Morgan fingerprint density at radius 3 is 2.93 bits per heavy atom. The number of hydrogen-bond donors (Lipinski definition) is 1. The third-order valence-electron chi connectivity index (χ3n) is 1.78. The Bertz CT molecular complexity index is 462. The van der Waals surface area contributed by atoms with Gasteiger partial charge >= 0.3 is 0 Å². The Morgan fingerprint density at radius 2 is 2.40 bits per heavy atom. The highest BCUT2D eigenvalue weighted by Gasteiger charge is 2.08. The maximum Gasteiger partial charge on any atom is 0.275 e. The second-order valence-electron chi connectivity index (χ2n) is 2.91.